The van der Waals surface area contributed by atoms with Crippen LogP contribution in [0.1, 0.15) is 26.2 Å². The van der Waals surface area contributed by atoms with Crippen molar-refractivity contribution in [2.45, 2.75) is 32.2 Å². The van der Waals surface area contributed by atoms with E-state index in [0.717, 1.165) is 18.6 Å². The zero-order chi connectivity index (χ0) is 12.2. The molecule has 0 aromatic rings. The minimum absolute atomic E-state index is 0.340. The van der Waals surface area contributed by atoms with Gasteiger partial charge in [0.2, 0.25) is 0 Å². The van der Waals surface area contributed by atoms with Crippen LogP contribution in [0.15, 0.2) is 4.99 Å². The molecule has 0 aliphatic carbocycles. The molecule has 0 fully saturated rings. The molecule has 1 atom stereocenters. The van der Waals surface area contributed by atoms with Gasteiger partial charge >= 0.3 is 5.97 Å². The minimum Gasteiger partial charge on any atom is -0.464 e. The molecule has 0 aromatic carbocycles. The van der Waals surface area contributed by atoms with Crippen LogP contribution < -0.4 is 0 Å². The number of thioether (sulfide) groups is 1. The SMILES string of the molecule is CCOC(=O)C(CCCCSC#N)N=C=S. The molecule has 0 heterocycles. The molecule has 0 aliphatic rings. The van der Waals surface area contributed by atoms with Crippen LogP contribution in [-0.4, -0.2) is 29.5 Å². The molecular formula is C10H14N2O2S2. The number of rotatable bonds is 8. The Morgan fingerprint density at radius 2 is 2.38 bits per heavy atom. The smallest absolute Gasteiger partial charge is 0.331 e. The quantitative estimate of drug-likeness (QED) is 0.220. The van der Waals surface area contributed by atoms with Crippen molar-refractivity contribution in [3.8, 4) is 5.40 Å². The summed E-state index contributed by atoms with van der Waals surface area (Å²) in [7, 11) is 0. The summed E-state index contributed by atoms with van der Waals surface area (Å²) in [5.74, 6) is 0.417. The van der Waals surface area contributed by atoms with E-state index >= 15 is 0 Å². The number of esters is 1. The Labute approximate surface area is 105 Å². The van der Waals surface area contributed by atoms with Gasteiger partial charge in [-0.25, -0.2) is 9.79 Å². The number of hydrogen-bond donors (Lipinski definition) is 0. The maximum absolute atomic E-state index is 11.4. The fourth-order valence-corrected chi connectivity index (χ4v) is 1.66. The molecular weight excluding hydrogens is 244 g/mol. The van der Waals surface area contributed by atoms with Gasteiger partial charge < -0.3 is 4.74 Å². The average Bonchev–Trinajstić information content (AvgIpc) is 2.27. The Bertz CT molecular complexity index is 296. The van der Waals surface area contributed by atoms with E-state index in [0.29, 0.717) is 13.0 Å². The largest absolute Gasteiger partial charge is 0.464 e. The summed E-state index contributed by atoms with van der Waals surface area (Å²) >= 11 is 5.69. The maximum atomic E-state index is 11.4. The highest BCUT2D eigenvalue weighted by Gasteiger charge is 2.17. The highest BCUT2D eigenvalue weighted by Crippen LogP contribution is 2.09. The van der Waals surface area contributed by atoms with E-state index in [1.807, 2.05) is 5.40 Å². The van der Waals surface area contributed by atoms with E-state index in [1.54, 1.807) is 6.92 Å². The van der Waals surface area contributed by atoms with Gasteiger partial charge in [-0.3, -0.25) is 0 Å². The summed E-state index contributed by atoms with van der Waals surface area (Å²) in [6, 6.07) is -0.537. The highest BCUT2D eigenvalue weighted by molar-refractivity contribution is 8.03. The third-order valence-corrected chi connectivity index (χ3v) is 2.53. The molecule has 0 bridgehead atoms. The summed E-state index contributed by atoms with van der Waals surface area (Å²) in [5, 5.41) is 12.5. The summed E-state index contributed by atoms with van der Waals surface area (Å²) in [6.07, 6.45) is 2.29. The standard InChI is InChI=1S/C10H14N2O2S2/c1-2-14-10(13)9(12-8-15)5-3-4-6-16-7-11/h9H,2-6H2,1H3. The van der Waals surface area contributed by atoms with Crippen LogP contribution in [-0.2, 0) is 9.53 Å². The number of thiocyanates is 1. The zero-order valence-corrected chi connectivity index (χ0v) is 10.8. The van der Waals surface area contributed by atoms with Crippen molar-refractivity contribution >= 4 is 35.1 Å². The van der Waals surface area contributed by atoms with Gasteiger partial charge in [0.25, 0.3) is 0 Å². The third kappa shape index (κ3) is 7.41. The Morgan fingerprint density at radius 1 is 1.62 bits per heavy atom. The van der Waals surface area contributed by atoms with Gasteiger partial charge in [-0.2, -0.15) is 5.26 Å². The van der Waals surface area contributed by atoms with E-state index in [2.05, 4.69) is 22.4 Å². The number of ether oxygens (including phenoxy) is 1. The van der Waals surface area contributed by atoms with Gasteiger partial charge in [-0.1, -0.05) is 0 Å². The average molecular weight is 258 g/mol. The molecule has 88 valence electrons. The lowest BCUT2D eigenvalue weighted by Gasteiger charge is -2.09. The lowest BCUT2D eigenvalue weighted by atomic mass is 10.1. The van der Waals surface area contributed by atoms with Crippen LogP contribution in [0.2, 0.25) is 0 Å². The molecule has 0 rings (SSSR count). The number of thiocarbonyl (C=S) groups is 1. The molecule has 1 unspecified atom stereocenters. The lowest BCUT2D eigenvalue weighted by Crippen LogP contribution is -2.21. The van der Waals surface area contributed by atoms with Gasteiger partial charge in [0, 0.05) is 5.75 Å². The lowest BCUT2D eigenvalue weighted by molar-refractivity contribution is -0.144. The van der Waals surface area contributed by atoms with Crippen molar-refractivity contribution in [2.24, 2.45) is 4.99 Å². The second-order valence-corrected chi connectivity index (χ2v) is 3.99. The number of isothiocyanates is 1. The first-order valence-corrected chi connectivity index (χ1v) is 6.40. The summed E-state index contributed by atoms with van der Waals surface area (Å²) in [4.78, 5) is 15.2. The molecule has 6 heteroatoms. The molecule has 0 radical (unpaired) electrons. The second kappa shape index (κ2) is 10.6. The number of carbonyl (C=O) groups excluding carboxylic acids is 1. The van der Waals surface area contributed by atoms with Crippen molar-refractivity contribution in [2.75, 3.05) is 12.4 Å². The van der Waals surface area contributed by atoms with Crippen LogP contribution in [0, 0.1) is 10.7 Å². The first-order valence-electron chi connectivity index (χ1n) is 5.00. The van der Waals surface area contributed by atoms with E-state index in [1.165, 1.54) is 11.8 Å². The molecule has 0 N–H and O–H groups in total. The van der Waals surface area contributed by atoms with Crippen LogP contribution in [0.25, 0.3) is 0 Å². The molecule has 16 heavy (non-hydrogen) atoms. The molecule has 0 spiro atoms. The molecule has 4 nitrogen and oxygen atoms in total. The topological polar surface area (TPSA) is 62.5 Å². The number of unbranched alkanes of at least 4 members (excludes halogenated alkanes) is 1. The first kappa shape index (κ1) is 15.1. The number of carbonyl (C=O) groups is 1. The maximum Gasteiger partial charge on any atom is 0.331 e. The molecule has 0 amide bonds. The normalized spacial score (nSPS) is 11.0. The van der Waals surface area contributed by atoms with E-state index in [9.17, 15) is 4.79 Å². The predicted molar refractivity (Wildman–Crippen MR) is 67.4 cm³/mol. The van der Waals surface area contributed by atoms with Gasteiger partial charge in [0.15, 0.2) is 6.04 Å². The molecule has 0 saturated heterocycles. The number of aliphatic imine (C=N–C) groups is 1. The number of nitrogens with zero attached hydrogens (tertiary/aromatic N) is 2. The van der Waals surface area contributed by atoms with Crippen molar-refractivity contribution in [1.82, 2.24) is 0 Å². The van der Waals surface area contributed by atoms with Crippen LogP contribution in [0.3, 0.4) is 0 Å². The molecule has 0 aliphatic heterocycles. The molecule has 0 aromatic heterocycles. The van der Waals surface area contributed by atoms with Crippen LogP contribution >= 0.6 is 24.0 Å². The summed E-state index contributed by atoms with van der Waals surface area (Å²) < 4.78 is 4.86. The predicted octanol–water partition coefficient (Wildman–Crippen LogP) is 2.41. The van der Waals surface area contributed by atoms with Crippen molar-refractivity contribution in [3.63, 3.8) is 0 Å². The van der Waals surface area contributed by atoms with Crippen molar-refractivity contribution in [3.05, 3.63) is 0 Å². The Kier molecular flexibility index (Phi) is 10.0. The molecule has 0 saturated carbocycles. The summed E-state index contributed by atoms with van der Waals surface area (Å²) in [6.45, 7) is 2.09. The fourth-order valence-electron chi connectivity index (χ4n) is 1.09. The first-order chi connectivity index (χ1) is 7.76. The Balaban J connectivity index is 3.90. The summed E-state index contributed by atoms with van der Waals surface area (Å²) in [5.41, 5.74) is 0. The Morgan fingerprint density at radius 3 is 2.94 bits per heavy atom. The highest BCUT2D eigenvalue weighted by atomic mass is 32.2. The number of hydrogen-bond acceptors (Lipinski definition) is 6. The Hall–Kier alpha value is -0.890. The monoisotopic (exact) mass is 258 g/mol. The van der Waals surface area contributed by atoms with E-state index in [4.69, 9.17) is 10.00 Å². The van der Waals surface area contributed by atoms with Gasteiger partial charge in [0.05, 0.1) is 11.8 Å². The van der Waals surface area contributed by atoms with Gasteiger partial charge in [-0.15, -0.1) is 0 Å². The van der Waals surface area contributed by atoms with Crippen molar-refractivity contribution < 1.29 is 9.53 Å². The van der Waals surface area contributed by atoms with Gasteiger partial charge in [0.1, 0.15) is 5.40 Å². The zero-order valence-electron chi connectivity index (χ0n) is 9.14. The van der Waals surface area contributed by atoms with Crippen LogP contribution in [0.5, 0.6) is 0 Å². The van der Waals surface area contributed by atoms with Crippen LogP contribution in [0.4, 0.5) is 0 Å². The van der Waals surface area contributed by atoms with E-state index in [-0.39, 0.29) is 5.97 Å². The number of nitriles is 1. The van der Waals surface area contributed by atoms with Gasteiger partial charge in [-0.05, 0) is 50.2 Å². The second-order valence-electron chi connectivity index (χ2n) is 2.92. The fraction of sp³-hybridized carbons (Fsp3) is 0.700. The minimum atomic E-state index is -0.537. The van der Waals surface area contributed by atoms with E-state index < -0.39 is 6.04 Å². The third-order valence-electron chi connectivity index (χ3n) is 1.81. The van der Waals surface area contributed by atoms with Crippen molar-refractivity contribution in [1.29, 1.82) is 5.26 Å².